The molecule has 1 saturated heterocycles. The number of nitrogens with one attached hydrogen (secondary N) is 1. The number of imidazole rings is 1. The van der Waals surface area contributed by atoms with Gasteiger partial charge in [0.05, 0.1) is 30.6 Å². The molecule has 1 aromatic heterocycles. The molecule has 1 aromatic carbocycles. The molecule has 1 atom stereocenters. The van der Waals surface area contributed by atoms with Crippen LogP contribution < -0.4 is 5.32 Å². The van der Waals surface area contributed by atoms with Gasteiger partial charge in [0.15, 0.2) is 5.78 Å². The Morgan fingerprint density at radius 1 is 1.58 bits per heavy atom. The smallest absolute Gasteiger partial charge is 0.164 e. The molecule has 1 aliphatic heterocycles. The Bertz CT molecular complexity index is 600. The summed E-state index contributed by atoms with van der Waals surface area (Å²) in [6.45, 7) is 2.15. The van der Waals surface area contributed by atoms with Crippen LogP contribution in [-0.4, -0.2) is 41.1 Å². The predicted molar refractivity (Wildman–Crippen MR) is 72.3 cm³/mol. The third kappa shape index (κ3) is 2.52. The summed E-state index contributed by atoms with van der Waals surface area (Å²) in [6.07, 6.45) is 2.23. The van der Waals surface area contributed by atoms with Crippen molar-refractivity contribution >= 4 is 16.8 Å². The zero-order valence-electron chi connectivity index (χ0n) is 10.9. The molecule has 19 heavy (non-hydrogen) atoms. The minimum Gasteiger partial charge on any atom is -0.378 e. The monoisotopic (exact) mass is 259 g/mol. The van der Waals surface area contributed by atoms with Crippen LogP contribution in [0.25, 0.3) is 11.0 Å². The van der Waals surface area contributed by atoms with Crippen molar-refractivity contribution in [1.29, 1.82) is 0 Å². The maximum atomic E-state index is 12.2. The first kappa shape index (κ1) is 12.3. The SMILES string of the molecule is Cn1cnc2cc(C(=O)CC3COCCN3)ccc21. The Labute approximate surface area is 111 Å². The van der Waals surface area contributed by atoms with Gasteiger partial charge in [-0.25, -0.2) is 4.98 Å². The lowest BCUT2D eigenvalue weighted by Crippen LogP contribution is -2.42. The number of fused-ring (bicyclic) bond motifs is 1. The van der Waals surface area contributed by atoms with Gasteiger partial charge in [-0.15, -0.1) is 0 Å². The second-order valence-corrected chi connectivity index (χ2v) is 4.91. The van der Waals surface area contributed by atoms with E-state index in [1.54, 1.807) is 6.33 Å². The van der Waals surface area contributed by atoms with E-state index in [-0.39, 0.29) is 11.8 Å². The van der Waals surface area contributed by atoms with Crippen LogP contribution in [0.4, 0.5) is 0 Å². The van der Waals surface area contributed by atoms with E-state index < -0.39 is 0 Å². The number of aromatic nitrogens is 2. The maximum absolute atomic E-state index is 12.2. The van der Waals surface area contributed by atoms with Gasteiger partial charge in [-0.1, -0.05) is 0 Å². The summed E-state index contributed by atoms with van der Waals surface area (Å²) >= 11 is 0. The van der Waals surface area contributed by atoms with Gasteiger partial charge in [0, 0.05) is 31.6 Å². The molecule has 1 unspecified atom stereocenters. The fourth-order valence-corrected chi connectivity index (χ4v) is 2.40. The van der Waals surface area contributed by atoms with Crippen molar-refractivity contribution in [3.05, 3.63) is 30.1 Å². The van der Waals surface area contributed by atoms with E-state index in [1.807, 2.05) is 29.8 Å². The molecular formula is C14H17N3O2. The number of ether oxygens (including phenoxy) is 1. The highest BCUT2D eigenvalue weighted by Gasteiger charge is 2.18. The number of nitrogens with zero attached hydrogens (tertiary/aromatic N) is 2. The number of ketones is 1. The topological polar surface area (TPSA) is 56.2 Å². The van der Waals surface area contributed by atoms with Crippen molar-refractivity contribution in [2.45, 2.75) is 12.5 Å². The van der Waals surface area contributed by atoms with Crippen molar-refractivity contribution in [1.82, 2.24) is 14.9 Å². The highest BCUT2D eigenvalue weighted by molar-refractivity contribution is 5.99. The lowest BCUT2D eigenvalue weighted by atomic mass is 10.0. The molecule has 5 heteroatoms. The first-order valence-corrected chi connectivity index (χ1v) is 6.49. The maximum Gasteiger partial charge on any atom is 0.164 e. The Kier molecular flexibility index (Phi) is 3.31. The molecule has 2 aromatic rings. The first-order chi connectivity index (χ1) is 9.24. The van der Waals surface area contributed by atoms with Crippen LogP contribution >= 0.6 is 0 Å². The summed E-state index contributed by atoms with van der Waals surface area (Å²) in [4.78, 5) is 16.5. The molecule has 2 heterocycles. The number of rotatable bonds is 3. The molecular weight excluding hydrogens is 242 g/mol. The van der Waals surface area contributed by atoms with Gasteiger partial charge in [-0.3, -0.25) is 4.79 Å². The lowest BCUT2D eigenvalue weighted by molar-refractivity contribution is 0.0676. The zero-order chi connectivity index (χ0) is 13.2. The molecule has 5 nitrogen and oxygen atoms in total. The summed E-state index contributed by atoms with van der Waals surface area (Å²) in [7, 11) is 1.94. The van der Waals surface area contributed by atoms with E-state index in [2.05, 4.69) is 10.3 Å². The molecule has 1 fully saturated rings. The Morgan fingerprint density at radius 2 is 2.47 bits per heavy atom. The number of hydrogen-bond acceptors (Lipinski definition) is 4. The molecule has 0 saturated carbocycles. The zero-order valence-corrected chi connectivity index (χ0v) is 10.9. The van der Waals surface area contributed by atoms with E-state index in [0.717, 1.165) is 29.7 Å². The van der Waals surface area contributed by atoms with Crippen molar-refractivity contribution < 1.29 is 9.53 Å². The third-order valence-electron chi connectivity index (χ3n) is 3.48. The van der Waals surface area contributed by atoms with E-state index in [0.29, 0.717) is 13.0 Å². The molecule has 3 rings (SSSR count). The number of aryl methyl sites for hydroxylation is 1. The number of carbonyl (C=O) groups excluding carboxylic acids is 1. The van der Waals surface area contributed by atoms with E-state index in [9.17, 15) is 4.79 Å². The quantitative estimate of drug-likeness (QED) is 0.840. The van der Waals surface area contributed by atoms with Gasteiger partial charge in [-0.05, 0) is 18.2 Å². The van der Waals surface area contributed by atoms with Crippen molar-refractivity contribution in [2.75, 3.05) is 19.8 Å². The fourth-order valence-electron chi connectivity index (χ4n) is 2.40. The number of hydrogen-bond donors (Lipinski definition) is 1. The van der Waals surface area contributed by atoms with E-state index in [1.165, 1.54) is 0 Å². The van der Waals surface area contributed by atoms with E-state index >= 15 is 0 Å². The number of benzene rings is 1. The van der Waals surface area contributed by atoms with Crippen LogP contribution in [0.15, 0.2) is 24.5 Å². The summed E-state index contributed by atoms with van der Waals surface area (Å²) in [6, 6.07) is 5.80. The molecule has 0 radical (unpaired) electrons. The number of morpholine rings is 1. The average molecular weight is 259 g/mol. The molecule has 0 bridgehead atoms. The normalized spacial score (nSPS) is 19.7. The standard InChI is InChI=1S/C14H17N3O2/c1-17-9-16-12-6-10(2-3-13(12)17)14(18)7-11-8-19-5-4-15-11/h2-3,6,9,11,15H,4-5,7-8H2,1H3. The van der Waals surface area contributed by atoms with Gasteiger partial charge in [-0.2, -0.15) is 0 Å². The number of carbonyl (C=O) groups is 1. The van der Waals surface area contributed by atoms with Gasteiger partial charge in [0.2, 0.25) is 0 Å². The lowest BCUT2D eigenvalue weighted by Gasteiger charge is -2.23. The third-order valence-corrected chi connectivity index (χ3v) is 3.48. The van der Waals surface area contributed by atoms with Crippen molar-refractivity contribution in [3.8, 4) is 0 Å². The second-order valence-electron chi connectivity index (χ2n) is 4.91. The van der Waals surface area contributed by atoms with Crippen LogP contribution in [0.2, 0.25) is 0 Å². The molecule has 1 N–H and O–H groups in total. The predicted octanol–water partition coefficient (Wildman–Crippen LogP) is 1.13. The van der Waals surface area contributed by atoms with Crippen molar-refractivity contribution in [3.63, 3.8) is 0 Å². The summed E-state index contributed by atoms with van der Waals surface area (Å²) < 4.78 is 7.31. The molecule has 100 valence electrons. The summed E-state index contributed by atoms with van der Waals surface area (Å²) in [5.74, 6) is 0.135. The first-order valence-electron chi connectivity index (χ1n) is 6.49. The van der Waals surface area contributed by atoms with Gasteiger partial charge < -0.3 is 14.6 Å². The van der Waals surface area contributed by atoms with Crippen LogP contribution in [0.5, 0.6) is 0 Å². The summed E-state index contributed by atoms with van der Waals surface area (Å²) in [5, 5.41) is 3.30. The Morgan fingerprint density at radius 3 is 3.26 bits per heavy atom. The van der Waals surface area contributed by atoms with Crippen LogP contribution in [0.3, 0.4) is 0 Å². The average Bonchev–Trinajstić information content (AvgIpc) is 2.81. The highest BCUT2D eigenvalue weighted by atomic mass is 16.5. The van der Waals surface area contributed by atoms with Gasteiger partial charge in [0.25, 0.3) is 0 Å². The van der Waals surface area contributed by atoms with Crippen LogP contribution in [0, 0.1) is 0 Å². The molecule has 0 spiro atoms. The van der Waals surface area contributed by atoms with Crippen LogP contribution in [0.1, 0.15) is 16.8 Å². The molecule has 0 aliphatic carbocycles. The second kappa shape index (κ2) is 5.11. The molecule has 1 aliphatic rings. The largest absolute Gasteiger partial charge is 0.378 e. The van der Waals surface area contributed by atoms with E-state index in [4.69, 9.17) is 4.74 Å². The van der Waals surface area contributed by atoms with Gasteiger partial charge >= 0.3 is 0 Å². The highest BCUT2D eigenvalue weighted by Crippen LogP contribution is 2.16. The fraction of sp³-hybridized carbons (Fsp3) is 0.429. The van der Waals surface area contributed by atoms with Crippen LogP contribution in [-0.2, 0) is 11.8 Å². The van der Waals surface area contributed by atoms with Crippen molar-refractivity contribution in [2.24, 2.45) is 7.05 Å². The Hall–Kier alpha value is -1.72. The summed E-state index contributed by atoms with van der Waals surface area (Å²) in [5.41, 5.74) is 2.62. The molecule has 0 amide bonds. The van der Waals surface area contributed by atoms with Gasteiger partial charge in [0.1, 0.15) is 0 Å². The minimum absolute atomic E-state index is 0.126. The number of Topliss-reactive ketones (excluding diaryl/α,β-unsaturated/α-hetero) is 1. The Balaban J connectivity index is 1.77. The minimum atomic E-state index is 0.126.